The van der Waals surface area contributed by atoms with Crippen molar-refractivity contribution in [2.75, 3.05) is 14.2 Å². The van der Waals surface area contributed by atoms with Gasteiger partial charge in [0.2, 0.25) is 5.52 Å². The Morgan fingerprint density at radius 2 is 1.65 bits per heavy atom. The molecule has 0 atom stereocenters. The first-order valence-corrected chi connectivity index (χ1v) is 5.72. The largest absolute Gasteiger partial charge is 0.618 e. The Labute approximate surface area is 116 Å². The molecule has 0 N–H and O–H groups in total. The van der Waals surface area contributed by atoms with Crippen LogP contribution in [-0.2, 0) is 6.18 Å². The maximum Gasteiger partial charge on any atom is 0.478 e. The van der Waals surface area contributed by atoms with Crippen LogP contribution in [0.25, 0.3) is 10.9 Å². The Bertz CT molecular complexity index is 673. The van der Waals surface area contributed by atoms with Gasteiger partial charge < -0.3 is 14.7 Å². The zero-order chi connectivity index (χ0) is 15.1. The normalized spacial score (nSPS) is 11.7. The fourth-order valence-corrected chi connectivity index (χ4v) is 2.07. The number of pyridine rings is 1. The van der Waals surface area contributed by atoms with Crippen LogP contribution in [0.3, 0.4) is 0 Å². The third-order valence-corrected chi connectivity index (χ3v) is 3.06. The van der Waals surface area contributed by atoms with Gasteiger partial charge in [-0.15, -0.1) is 0 Å². The Morgan fingerprint density at radius 1 is 1.10 bits per heavy atom. The summed E-state index contributed by atoms with van der Waals surface area (Å²) in [5.74, 6) is 0.404. The minimum absolute atomic E-state index is 0.139. The summed E-state index contributed by atoms with van der Waals surface area (Å²) < 4.78 is 48.0. The second-order valence-electron chi connectivity index (χ2n) is 3.89. The molecule has 0 aliphatic heterocycles. The van der Waals surface area contributed by atoms with Crippen molar-refractivity contribution in [1.82, 2.24) is 0 Å². The third-order valence-electron chi connectivity index (χ3n) is 2.75. The van der Waals surface area contributed by atoms with Gasteiger partial charge in [0.25, 0.3) is 0 Å². The molecule has 8 heteroatoms. The SMILES string of the molecule is COc1cc2c(Cl)cc(C(F)(F)F)[n+]([O-])c2cc1OC. The van der Waals surface area contributed by atoms with E-state index in [0.29, 0.717) is 6.07 Å². The van der Waals surface area contributed by atoms with Crippen LogP contribution in [0, 0.1) is 5.21 Å². The number of ether oxygens (including phenoxy) is 2. The van der Waals surface area contributed by atoms with Gasteiger partial charge in [-0.3, -0.25) is 0 Å². The molecule has 1 aromatic heterocycles. The van der Waals surface area contributed by atoms with Crippen molar-refractivity contribution in [2.45, 2.75) is 6.18 Å². The van der Waals surface area contributed by atoms with E-state index in [1.807, 2.05) is 0 Å². The van der Waals surface area contributed by atoms with Crippen molar-refractivity contribution >= 4 is 22.5 Å². The molecule has 0 aliphatic carbocycles. The molecule has 2 rings (SSSR count). The first-order chi connectivity index (χ1) is 9.29. The van der Waals surface area contributed by atoms with E-state index in [-0.39, 0.29) is 32.2 Å². The smallest absolute Gasteiger partial charge is 0.478 e. The summed E-state index contributed by atoms with van der Waals surface area (Å²) in [5, 5.41) is 11.8. The number of hydrogen-bond acceptors (Lipinski definition) is 3. The molecule has 0 unspecified atom stereocenters. The average Bonchev–Trinajstić information content (AvgIpc) is 2.40. The van der Waals surface area contributed by atoms with Gasteiger partial charge in [0.1, 0.15) is 0 Å². The maximum absolute atomic E-state index is 12.7. The van der Waals surface area contributed by atoms with Crippen LogP contribution in [0.4, 0.5) is 13.2 Å². The predicted molar refractivity (Wildman–Crippen MR) is 66.0 cm³/mol. The van der Waals surface area contributed by atoms with E-state index in [4.69, 9.17) is 21.1 Å². The van der Waals surface area contributed by atoms with Crippen molar-refractivity contribution < 1.29 is 27.4 Å². The van der Waals surface area contributed by atoms with Gasteiger partial charge in [0.15, 0.2) is 11.5 Å². The monoisotopic (exact) mass is 307 g/mol. The van der Waals surface area contributed by atoms with Crippen molar-refractivity contribution in [3.63, 3.8) is 0 Å². The standard InChI is InChI=1S/C12H9ClF3NO3/c1-19-9-3-6-7(13)4-11(12(14,15)16)17(18)8(6)5-10(9)20-2/h3-5H,1-2H3. The number of rotatable bonds is 2. The van der Waals surface area contributed by atoms with E-state index >= 15 is 0 Å². The van der Waals surface area contributed by atoms with Gasteiger partial charge in [-0.05, 0) is 6.07 Å². The molecule has 4 nitrogen and oxygen atoms in total. The molecule has 0 amide bonds. The lowest BCUT2D eigenvalue weighted by molar-refractivity contribution is -0.602. The van der Waals surface area contributed by atoms with Crippen LogP contribution >= 0.6 is 11.6 Å². The fraction of sp³-hybridized carbons (Fsp3) is 0.250. The van der Waals surface area contributed by atoms with Gasteiger partial charge in [-0.2, -0.15) is 17.9 Å². The average molecular weight is 308 g/mol. The number of aromatic nitrogens is 1. The highest BCUT2D eigenvalue weighted by molar-refractivity contribution is 6.35. The maximum atomic E-state index is 12.7. The molecule has 108 valence electrons. The van der Waals surface area contributed by atoms with Gasteiger partial charge in [0, 0.05) is 6.07 Å². The third kappa shape index (κ3) is 2.29. The second-order valence-corrected chi connectivity index (χ2v) is 4.30. The number of nitrogens with zero attached hydrogens (tertiary/aromatic N) is 1. The minimum Gasteiger partial charge on any atom is -0.618 e. The highest BCUT2D eigenvalue weighted by Gasteiger charge is 2.41. The molecule has 20 heavy (non-hydrogen) atoms. The minimum atomic E-state index is -4.80. The van der Waals surface area contributed by atoms with Crippen molar-refractivity contribution in [3.8, 4) is 11.5 Å². The molecule has 2 aromatic rings. The lowest BCUT2D eigenvalue weighted by Gasteiger charge is -2.13. The van der Waals surface area contributed by atoms with Crippen LogP contribution in [0.1, 0.15) is 5.69 Å². The van der Waals surface area contributed by atoms with E-state index in [0.717, 1.165) is 6.07 Å². The molecule has 0 bridgehead atoms. The van der Waals surface area contributed by atoms with Crippen LogP contribution in [0.2, 0.25) is 5.02 Å². The van der Waals surface area contributed by atoms with Crippen molar-refractivity contribution in [2.24, 2.45) is 0 Å². The van der Waals surface area contributed by atoms with E-state index in [9.17, 15) is 18.4 Å². The molecular formula is C12H9ClF3NO3. The van der Waals surface area contributed by atoms with E-state index < -0.39 is 11.9 Å². The van der Waals surface area contributed by atoms with E-state index in [2.05, 4.69) is 0 Å². The number of halogens is 4. The first-order valence-electron chi connectivity index (χ1n) is 5.34. The molecule has 0 aliphatic rings. The second kappa shape index (κ2) is 4.90. The van der Waals surface area contributed by atoms with E-state index in [1.54, 1.807) is 0 Å². The molecule has 0 fully saturated rings. The Morgan fingerprint density at radius 3 is 2.15 bits per heavy atom. The highest BCUT2D eigenvalue weighted by atomic mass is 35.5. The topological polar surface area (TPSA) is 45.4 Å². The zero-order valence-electron chi connectivity index (χ0n) is 10.4. The van der Waals surface area contributed by atoms with Crippen LogP contribution in [0.15, 0.2) is 18.2 Å². The lowest BCUT2D eigenvalue weighted by atomic mass is 10.1. The van der Waals surface area contributed by atoms with Crippen LogP contribution in [-0.4, -0.2) is 14.2 Å². The summed E-state index contributed by atoms with van der Waals surface area (Å²) in [4.78, 5) is 0. The molecule has 1 heterocycles. The molecule has 0 radical (unpaired) electrons. The van der Waals surface area contributed by atoms with Gasteiger partial charge >= 0.3 is 11.9 Å². The summed E-state index contributed by atoms with van der Waals surface area (Å²) in [5.41, 5.74) is -1.63. The van der Waals surface area contributed by atoms with Gasteiger partial charge in [-0.1, -0.05) is 11.6 Å². The number of alkyl halides is 3. The fourth-order valence-electron chi connectivity index (χ4n) is 1.81. The molecule has 0 spiro atoms. The number of fused-ring (bicyclic) bond motifs is 1. The summed E-state index contributed by atoms with van der Waals surface area (Å²) in [6.07, 6.45) is -4.80. The quantitative estimate of drug-likeness (QED) is 0.632. The van der Waals surface area contributed by atoms with Crippen molar-refractivity contribution in [1.29, 1.82) is 0 Å². The molecule has 1 aromatic carbocycles. The Balaban J connectivity index is 2.86. The van der Waals surface area contributed by atoms with Gasteiger partial charge in [0.05, 0.1) is 30.7 Å². The number of methoxy groups -OCH3 is 2. The summed E-state index contributed by atoms with van der Waals surface area (Å²) in [6, 6.07) is 3.09. The molecule has 0 saturated heterocycles. The van der Waals surface area contributed by atoms with Crippen molar-refractivity contribution in [3.05, 3.63) is 34.1 Å². The zero-order valence-corrected chi connectivity index (χ0v) is 11.2. The number of benzene rings is 1. The highest BCUT2D eigenvalue weighted by Crippen LogP contribution is 2.36. The van der Waals surface area contributed by atoms with Crippen LogP contribution in [0.5, 0.6) is 11.5 Å². The summed E-state index contributed by atoms with van der Waals surface area (Å²) in [7, 11) is 2.68. The van der Waals surface area contributed by atoms with Crippen LogP contribution < -0.4 is 14.2 Å². The molecule has 0 saturated carbocycles. The number of hydrogen-bond donors (Lipinski definition) is 0. The van der Waals surface area contributed by atoms with E-state index in [1.165, 1.54) is 20.3 Å². The lowest BCUT2D eigenvalue weighted by Crippen LogP contribution is -2.37. The summed E-state index contributed by atoms with van der Waals surface area (Å²) >= 11 is 5.82. The first kappa shape index (κ1) is 14.5. The predicted octanol–water partition coefficient (Wildman–Crippen LogP) is 3.16. The Kier molecular flexibility index (Phi) is 3.56. The summed E-state index contributed by atoms with van der Waals surface area (Å²) in [6.45, 7) is 0. The molecular weight excluding hydrogens is 299 g/mol. The van der Waals surface area contributed by atoms with Gasteiger partial charge in [-0.25, -0.2) is 0 Å². The Hall–Kier alpha value is -1.89.